The van der Waals surface area contributed by atoms with Crippen LogP contribution in [0.25, 0.3) is 0 Å². The third-order valence-corrected chi connectivity index (χ3v) is 3.69. The molecule has 0 bridgehead atoms. The summed E-state index contributed by atoms with van der Waals surface area (Å²) in [5.74, 6) is -1.18. The summed E-state index contributed by atoms with van der Waals surface area (Å²) in [5.41, 5.74) is 5.85. The normalized spacial score (nSPS) is 15.4. The van der Waals surface area contributed by atoms with Crippen LogP contribution < -0.4 is 5.73 Å². The molecule has 1 aromatic rings. The summed E-state index contributed by atoms with van der Waals surface area (Å²) in [4.78, 5) is 0. The van der Waals surface area contributed by atoms with Crippen LogP contribution in [0.3, 0.4) is 0 Å². The Labute approximate surface area is 121 Å². The van der Waals surface area contributed by atoms with Crippen molar-refractivity contribution >= 4 is 15.9 Å². The Kier molecular flexibility index (Phi) is 5.47. The van der Waals surface area contributed by atoms with Gasteiger partial charge >= 0.3 is 0 Å². The summed E-state index contributed by atoms with van der Waals surface area (Å²) in [5, 5.41) is 0. The van der Waals surface area contributed by atoms with Gasteiger partial charge in [-0.15, -0.1) is 0 Å². The van der Waals surface area contributed by atoms with Gasteiger partial charge in [-0.3, -0.25) is 0 Å². The molecule has 0 fully saturated rings. The first-order valence-corrected chi connectivity index (χ1v) is 6.88. The molecule has 2 atom stereocenters. The molecule has 5 heteroatoms. The van der Waals surface area contributed by atoms with Gasteiger partial charge in [0, 0.05) is 18.7 Å². The third-order valence-electron chi connectivity index (χ3n) is 3.08. The van der Waals surface area contributed by atoms with Gasteiger partial charge in [-0.05, 0) is 39.9 Å². The second kappa shape index (κ2) is 6.29. The minimum Gasteiger partial charge on any atom is -0.379 e. The predicted octanol–water partition coefficient (Wildman–Crippen LogP) is 3.66. The van der Waals surface area contributed by atoms with Crippen LogP contribution >= 0.6 is 15.9 Å². The Morgan fingerprint density at radius 2 is 1.89 bits per heavy atom. The van der Waals surface area contributed by atoms with Crippen molar-refractivity contribution in [2.45, 2.75) is 39.3 Å². The number of hydrogen-bond donors (Lipinski definition) is 1. The van der Waals surface area contributed by atoms with Crippen molar-refractivity contribution in [2.24, 2.45) is 11.1 Å². The predicted molar refractivity (Wildman–Crippen MR) is 76.0 cm³/mol. The molecule has 0 saturated carbocycles. The maximum absolute atomic E-state index is 13.9. The Balaban J connectivity index is 3.00. The van der Waals surface area contributed by atoms with E-state index < -0.39 is 17.7 Å². The van der Waals surface area contributed by atoms with Crippen LogP contribution in [0.5, 0.6) is 0 Å². The number of ether oxygens (including phenoxy) is 1. The molecular formula is C14H20BrF2NO. The average Bonchev–Trinajstić information content (AvgIpc) is 2.28. The first-order valence-electron chi connectivity index (χ1n) is 6.09. The Hall–Kier alpha value is -0.520. The lowest BCUT2D eigenvalue weighted by Crippen LogP contribution is -2.46. The van der Waals surface area contributed by atoms with Crippen molar-refractivity contribution in [3.05, 3.63) is 33.8 Å². The summed E-state index contributed by atoms with van der Waals surface area (Å²) in [6.07, 6.45) is -0.197. The molecule has 2 N–H and O–H groups in total. The molecule has 2 nitrogen and oxygen atoms in total. The first-order chi connectivity index (χ1) is 8.68. The van der Waals surface area contributed by atoms with Crippen molar-refractivity contribution < 1.29 is 13.5 Å². The fourth-order valence-electron chi connectivity index (χ4n) is 2.27. The molecule has 0 aliphatic rings. The van der Waals surface area contributed by atoms with Crippen LogP contribution in [-0.2, 0) is 11.2 Å². The van der Waals surface area contributed by atoms with Gasteiger partial charge in [-0.1, -0.05) is 20.8 Å². The monoisotopic (exact) mass is 335 g/mol. The van der Waals surface area contributed by atoms with Crippen molar-refractivity contribution in [1.29, 1.82) is 0 Å². The highest BCUT2D eigenvalue weighted by Crippen LogP contribution is 2.28. The fourth-order valence-corrected chi connectivity index (χ4v) is 2.64. The number of benzene rings is 1. The number of halogens is 3. The molecule has 0 aromatic heterocycles. The molecule has 1 aromatic carbocycles. The van der Waals surface area contributed by atoms with Gasteiger partial charge in [0.15, 0.2) is 0 Å². The summed E-state index contributed by atoms with van der Waals surface area (Å²) in [6.45, 7) is 5.94. The van der Waals surface area contributed by atoms with Crippen LogP contribution in [0.2, 0.25) is 0 Å². The SMILES string of the molecule is COC(C(N)Cc1c(F)ccc(Br)c1F)C(C)(C)C. The zero-order chi connectivity index (χ0) is 14.8. The van der Waals surface area contributed by atoms with E-state index in [0.717, 1.165) is 0 Å². The zero-order valence-corrected chi connectivity index (χ0v) is 13.2. The highest BCUT2D eigenvalue weighted by atomic mass is 79.9. The highest BCUT2D eigenvalue weighted by Gasteiger charge is 2.31. The van der Waals surface area contributed by atoms with Crippen molar-refractivity contribution in [2.75, 3.05) is 7.11 Å². The zero-order valence-electron chi connectivity index (χ0n) is 11.6. The summed E-state index contributed by atoms with van der Waals surface area (Å²) >= 11 is 3.05. The van der Waals surface area contributed by atoms with Crippen LogP contribution in [0.4, 0.5) is 8.78 Å². The molecule has 19 heavy (non-hydrogen) atoms. The van der Waals surface area contributed by atoms with E-state index in [1.54, 1.807) is 7.11 Å². The van der Waals surface area contributed by atoms with Crippen molar-refractivity contribution in [3.8, 4) is 0 Å². The maximum Gasteiger partial charge on any atom is 0.143 e. The molecule has 0 spiro atoms. The molecular weight excluding hydrogens is 316 g/mol. The average molecular weight is 336 g/mol. The third kappa shape index (κ3) is 3.97. The van der Waals surface area contributed by atoms with Crippen LogP contribution in [0, 0.1) is 17.0 Å². The summed E-state index contributed by atoms with van der Waals surface area (Å²) in [7, 11) is 1.56. The maximum atomic E-state index is 13.9. The number of methoxy groups -OCH3 is 1. The topological polar surface area (TPSA) is 35.2 Å². The Morgan fingerprint density at radius 3 is 2.37 bits per heavy atom. The van der Waals surface area contributed by atoms with Gasteiger partial charge in [0.25, 0.3) is 0 Å². The molecule has 0 aliphatic carbocycles. The smallest absolute Gasteiger partial charge is 0.143 e. The Bertz CT molecular complexity index is 446. The van der Waals surface area contributed by atoms with Gasteiger partial charge in [-0.2, -0.15) is 0 Å². The Morgan fingerprint density at radius 1 is 1.32 bits per heavy atom. The van der Waals surface area contributed by atoms with Gasteiger partial charge in [-0.25, -0.2) is 8.78 Å². The van der Waals surface area contributed by atoms with Gasteiger partial charge in [0.2, 0.25) is 0 Å². The molecule has 108 valence electrons. The van der Waals surface area contributed by atoms with E-state index >= 15 is 0 Å². The lowest BCUT2D eigenvalue weighted by atomic mass is 9.82. The first kappa shape index (κ1) is 16.5. The van der Waals surface area contributed by atoms with E-state index in [9.17, 15) is 8.78 Å². The van der Waals surface area contributed by atoms with Gasteiger partial charge in [0.1, 0.15) is 11.6 Å². The van der Waals surface area contributed by atoms with Crippen LogP contribution in [-0.4, -0.2) is 19.3 Å². The lowest BCUT2D eigenvalue weighted by Gasteiger charge is -2.34. The quantitative estimate of drug-likeness (QED) is 0.852. The number of hydrogen-bond acceptors (Lipinski definition) is 2. The number of rotatable bonds is 4. The summed E-state index contributed by atoms with van der Waals surface area (Å²) in [6, 6.07) is 2.09. The fraction of sp³-hybridized carbons (Fsp3) is 0.571. The molecule has 2 unspecified atom stereocenters. The van der Waals surface area contributed by atoms with Crippen LogP contribution in [0.1, 0.15) is 26.3 Å². The highest BCUT2D eigenvalue weighted by molar-refractivity contribution is 9.10. The lowest BCUT2D eigenvalue weighted by molar-refractivity contribution is -0.00197. The van der Waals surface area contributed by atoms with E-state index in [2.05, 4.69) is 15.9 Å². The van der Waals surface area contributed by atoms with Crippen molar-refractivity contribution in [1.82, 2.24) is 0 Å². The minimum atomic E-state index is -0.598. The molecule has 0 aliphatic heterocycles. The largest absolute Gasteiger partial charge is 0.379 e. The standard InChI is InChI=1S/C14H20BrF2NO/c1-14(2,3)13(19-4)11(18)7-8-10(16)6-5-9(15)12(8)17/h5-6,11,13H,7,18H2,1-4H3. The molecule has 0 amide bonds. The molecule has 1 rings (SSSR count). The van der Waals surface area contributed by atoms with E-state index in [4.69, 9.17) is 10.5 Å². The minimum absolute atomic E-state index is 0.00632. The van der Waals surface area contributed by atoms with E-state index in [0.29, 0.717) is 0 Å². The van der Waals surface area contributed by atoms with E-state index in [1.165, 1.54) is 12.1 Å². The second-order valence-electron chi connectivity index (χ2n) is 5.71. The summed E-state index contributed by atoms with van der Waals surface area (Å²) < 4.78 is 33.2. The van der Waals surface area contributed by atoms with Gasteiger partial charge in [0.05, 0.1) is 10.6 Å². The molecule has 0 heterocycles. The number of nitrogens with two attached hydrogens (primary N) is 1. The van der Waals surface area contributed by atoms with E-state index in [1.807, 2.05) is 20.8 Å². The van der Waals surface area contributed by atoms with Gasteiger partial charge < -0.3 is 10.5 Å². The van der Waals surface area contributed by atoms with Crippen LogP contribution in [0.15, 0.2) is 16.6 Å². The van der Waals surface area contributed by atoms with Crippen molar-refractivity contribution in [3.63, 3.8) is 0 Å². The molecule has 0 saturated heterocycles. The van der Waals surface area contributed by atoms with E-state index in [-0.39, 0.29) is 28.0 Å². The molecule has 0 radical (unpaired) electrons. The second-order valence-corrected chi connectivity index (χ2v) is 6.57.